The summed E-state index contributed by atoms with van der Waals surface area (Å²) in [4.78, 5) is 25.1. The van der Waals surface area contributed by atoms with Crippen LogP contribution in [0.15, 0.2) is 0 Å². The van der Waals surface area contributed by atoms with Crippen LogP contribution in [-0.2, 0) is 24.2 Å². The first kappa shape index (κ1) is 19.6. The Kier molecular flexibility index (Phi) is 4.65. The molecule has 134 valence electrons. The quantitative estimate of drug-likeness (QED) is 0.374. The first-order valence-corrected chi connectivity index (χ1v) is 10.1. The number of carbonyl (C=O) groups is 2. The van der Waals surface area contributed by atoms with Crippen LogP contribution in [0.3, 0.4) is 0 Å². The minimum Gasteiger partial charge on any atom is -0.548 e. The van der Waals surface area contributed by atoms with Gasteiger partial charge in [-0.25, -0.2) is 8.42 Å². The summed E-state index contributed by atoms with van der Waals surface area (Å²) < 4.78 is 30.3. The Bertz CT molecular complexity index is 716. The van der Waals surface area contributed by atoms with E-state index in [1.165, 1.54) is 20.3 Å². The number of hydrogen-bond acceptors (Lipinski definition) is 6. The number of ether oxygens (including phenoxy) is 1. The first-order chi connectivity index (χ1) is 11.2. The van der Waals surface area contributed by atoms with Crippen molar-refractivity contribution in [2.75, 3.05) is 0 Å². The number of carboxylic acid groups (broad SMARTS) is 1. The number of fused-ring (bicyclic) bond motifs is 2. The Morgan fingerprint density at radius 1 is 1.24 bits per heavy atom. The second-order valence-electron chi connectivity index (χ2n) is 8.06. The third-order valence-electron chi connectivity index (χ3n) is 6.36. The molecule has 4 fully saturated rings. The molecule has 25 heavy (non-hydrogen) atoms. The number of rotatable bonds is 3. The Hall–Kier alpha value is -0.150. The van der Waals surface area contributed by atoms with E-state index < -0.39 is 49.4 Å². The molecule has 2 saturated carbocycles. The van der Waals surface area contributed by atoms with Gasteiger partial charge in [0.2, 0.25) is 5.91 Å². The van der Waals surface area contributed by atoms with Crippen LogP contribution < -0.4 is 34.7 Å². The van der Waals surface area contributed by atoms with Crippen molar-refractivity contribution >= 4 is 21.7 Å². The predicted molar refractivity (Wildman–Crippen MR) is 81.2 cm³/mol. The summed E-state index contributed by atoms with van der Waals surface area (Å²) >= 11 is 0. The fourth-order valence-corrected chi connectivity index (χ4v) is 7.34. The van der Waals surface area contributed by atoms with E-state index in [1.54, 1.807) is 0 Å². The van der Waals surface area contributed by atoms with Crippen LogP contribution in [-0.4, -0.2) is 53.6 Å². The molecule has 1 amide bonds. The fourth-order valence-electron chi connectivity index (χ4n) is 4.82. The third-order valence-corrected chi connectivity index (χ3v) is 9.29. The van der Waals surface area contributed by atoms with Gasteiger partial charge in [0.15, 0.2) is 15.2 Å². The van der Waals surface area contributed by atoms with E-state index in [0.29, 0.717) is 6.42 Å². The molecule has 0 aromatic heterocycles. The van der Waals surface area contributed by atoms with Crippen molar-refractivity contribution in [1.29, 1.82) is 0 Å². The monoisotopic (exact) mass is 379 g/mol. The van der Waals surface area contributed by atoms with Crippen LogP contribution in [0.1, 0.15) is 52.4 Å². The van der Waals surface area contributed by atoms with Gasteiger partial charge in [-0.15, -0.1) is 0 Å². The first-order valence-electron chi connectivity index (χ1n) is 8.58. The second kappa shape index (κ2) is 5.92. The summed E-state index contributed by atoms with van der Waals surface area (Å²) in [5, 5.41) is 10.4. The maximum absolute atomic E-state index is 12.9. The van der Waals surface area contributed by atoms with E-state index in [4.69, 9.17) is 4.74 Å². The van der Waals surface area contributed by atoms with Crippen molar-refractivity contribution in [2.24, 2.45) is 5.41 Å². The maximum Gasteiger partial charge on any atom is 1.00 e. The van der Waals surface area contributed by atoms with Gasteiger partial charge in [0.25, 0.3) is 0 Å². The summed E-state index contributed by atoms with van der Waals surface area (Å²) in [7, 11) is -3.81. The molecule has 2 saturated heterocycles. The molecule has 2 aliphatic carbocycles. The zero-order valence-electron chi connectivity index (χ0n) is 14.9. The van der Waals surface area contributed by atoms with E-state index >= 15 is 0 Å². The molecule has 2 heterocycles. The largest absolute Gasteiger partial charge is 1.00 e. The van der Waals surface area contributed by atoms with E-state index in [1.807, 2.05) is 0 Å². The molecule has 7 nitrogen and oxygen atoms in total. The van der Waals surface area contributed by atoms with Crippen molar-refractivity contribution in [3.8, 4) is 0 Å². The molecule has 4 rings (SSSR count). The number of β-lactam (4-membered cyclic amide) rings is 1. The normalized spacial score (nSPS) is 41.0. The smallest absolute Gasteiger partial charge is 0.548 e. The Morgan fingerprint density at radius 3 is 2.40 bits per heavy atom. The topological polar surface area (TPSA) is 104 Å². The van der Waals surface area contributed by atoms with Gasteiger partial charge in [0.1, 0.15) is 5.41 Å². The van der Waals surface area contributed by atoms with Crippen LogP contribution >= 0.6 is 0 Å². The van der Waals surface area contributed by atoms with Gasteiger partial charge >= 0.3 is 29.6 Å². The van der Waals surface area contributed by atoms with Gasteiger partial charge in [-0.1, -0.05) is 19.3 Å². The van der Waals surface area contributed by atoms with Crippen LogP contribution in [0.5, 0.6) is 0 Å². The molecule has 0 bridgehead atoms. The fraction of sp³-hybridized carbons (Fsp3) is 0.875. The molecule has 0 radical (unpaired) electrons. The van der Waals surface area contributed by atoms with E-state index in [2.05, 4.69) is 0 Å². The number of aliphatic carboxylic acids is 1. The van der Waals surface area contributed by atoms with E-state index in [0.717, 1.165) is 30.6 Å². The zero-order chi connectivity index (χ0) is 17.5. The van der Waals surface area contributed by atoms with Crippen LogP contribution in [0, 0.1) is 5.41 Å². The second-order valence-corrected chi connectivity index (χ2v) is 10.7. The third kappa shape index (κ3) is 2.33. The van der Waals surface area contributed by atoms with Crippen molar-refractivity contribution < 1.29 is 57.4 Å². The van der Waals surface area contributed by atoms with Gasteiger partial charge < -0.3 is 19.5 Å². The van der Waals surface area contributed by atoms with E-state index in [-0.39, 0.29) is 35.7 Å². The standard InChI is InChI=1S/C16H23NO6S.Na/c1-15(2)11(12(18)19)17-13(20)16(14(17)24(15,21)22)8-10(16)23-9-6-4-3-5-7-9;/h9-11,14H,3-8H2,1-2H3,(H,18,19);/q;+1/p-1/t10?,11-,14+,16-;/m0./s1. The van der Waals surface area contributed by atoms with Crippen molar-refractivity contribution in [3.05, 3.63) is 0 Å². The summed E-state index contributed by atoms with van der Waals surface area (Å²) in [6, 6.07) is -1.43. The number of carbonyl (C=O) groups excluding carboxylic acids is 2. The zero-order valence-corrected chi connectivity index (χ0v) is 17.7. The van der Waals surface area contributed by atoms with Crippen LogP contribution in [0.25, 0.3) is 0 Å². The molecular formula is C16H22NNaO6S. The van der Waals surface area contributed by atoms with Gasteiger partial charge in [-0.05, 0) is 33.1 Å². The summed E-state index contributed by atoms with van der Waals surface area (Å²) in [6.07, 6.45) is 5.29. The Labute approximate surface area is 169 Å². The Balaban J connectivity index is 0.00000182. The van der Waals surface area contributed by atoms with Crippen molar-refractivity contribution in [1.82, 2.24) is 4.90 Å². The number of sulfone groups is 1. The summed E-state index contributed by atoms with van der Waals surface area (Å²) in [5.74, 6) is -1.92. The van der Waals surface area contributed by atoms with E-state index in [9.17, 15) is 23.1 Å². The molecule has 1 spiro atoms. The predicted octanol–water partition coefficient (Wildman–Crippen LogP) is -3.41. The minimum atomic E-state index is -3.81. The number of amides is 1. The summed E-state index contributed by atoms with van der Waals surface area (Å²) in [5.41, 5.74) is -1.06. The number of nitrogens with zero attached hydrogens (tertiary/aromatic N) is 1. The maximum atomic E-state index is 12.9. The number of hydrogen-bond donors (Lipinski definition) is 0. The van der Waals surface area contributed by atoms with Gasteiger partial charge in [0, 0.05) is 0 Å². The molecule has 0 aromatic rings. The molecular weight excluding hydrogens is 357 g/mol. The van der Waals surface area contributed by atoms with Crippen molar-refractivity contribution in [3.63, 3.8) is 0 Å². The SMILES string of the molecule is CC1(C)[C@H](C(=O)[O-])N2C(=O)[C@@]3(CC3OC3CCCCC3)[C@H]2S1(=O)=O.[Na+]. The molecule has 4 aliphatic rings. The molecule has 2 aliphatic heterocycles. The Morgan fingerprint density at radius 2 is 1.84 bits per heavy atom. The summed E-state index contributed by atoms with van der Waals surface area (Å²) in [6.45, 7) is 2.73. The van der Waals surface area contributed by atoms with Crippen LogP contribution in [0.2, 0.25) is 0 Å². The molecule has 0 aromatic carbocycles. The minimum absolute atomic E-state index is 0. The molecule has 9 heteroatoms. The molecule has 1 unspecified atom stereocenters. The number of carboxylic acids is 1. The van der Waals surface area contributed by atoms with Gasteiger partial charge in [-0.2, -0.15) is 0 Å². The molecule has 4 atom stereocenters. The average molecular weight is 379 g/mol. The van der Waals surface area contributed by atoms with Crippen molar-refractivity contribution in [2.45, 2.75) is 80.7 Å². The molecule has 0 N–H and O–H groups in total. The van der Waals surface area contributed by atoms with Crippen LogP contribution in [0.4, 0.5) is 0 Å². The average Bonchev–Trinajstić information content (AvgIpc) is 3.19. The van der Waals surface area contributed by atoms with Gasteiger partial charge in [0.05, 0.1) is 29.0 Å². The van der Waals surface area contributed by atoms with Gasteiger partial charge in [-0.3, -0.25) is 4.79 Å².